The van der Waals surface area contributed by atoms with Gasteiger partial charge in [0.1, 0.15) is 0 Å². The van der Waals surface area contributed by atoms with Crippen LogP contribution >= 0.6 is 0 Å². The SMILES string of the molecule is CC(C)Cc1n[nH]c2ncccc12. The number of hydrogen-bond acceptors (Lipinski definition) is 2. The van der Waals surface area contributed by atoms with Gasteiger partial charge in [0.25, 0.3) is 0 Å². The van der Waals surface area contributed by atoms with Crippen LogP contribution in [0.15, 0.2) is 18.3 Å². The molecule has 0 saturated carbocycles. The topological polar surface area (TPSA) is 41.6 Å². The summed E-state index contributed by atoms with van der Waals surface area (Å²) >= 11 is 0. The number of aromatic nitrogens is 3. The Morgan fingerprint density at radius 3 is 3.08 bits per heavy atom. The lowest BCUT2D eigenvalue weighted by Crippen LogP contribution is -1.94. The number of aromatic amines is 1. The zero-order valence-electron chi connectivity index (χ0n) is 7.91. The Hall–Kier alpha value is -1.38. The number of H-pyrrole nitrogens is 1. The van der Waals surface area contributed by atoms with E-state index in [1.807, 2.05) is 6.07 Å². The summed E-state index contributed by atoms with van der Waals surface area (Å²) in [6.45, 7) is 4.38. The third-order valence-corrected chi connectivity index (χ3v) is 2.02. The average Bonchev–Trinajstić information content (AvgIpc) is 2.48. The van der Waals surface area contributed by atoms with Gasteiger partial charge in [-0.05, 0) is 24.5 Å². The summed E-state index contributed by atoms with van der Waals surface area (Å²) < 4.78 is 0. The zero-order chi connectivity index (χ0) is 9.26. The van der Waals surface area contributed by atoms with E-state index in [9.17, 15) is 0 Å². The van der Waals surface area contributed by atoms with Crippen LogP contribution in [0.2, 0.25) is 0 Å². The zero-order valence-corrected chi connectivity index (χ0v) is 7.91. The van der Waals surface area contributed by atoms with Crippen molar-refractivity contribution in [2.45, 2.75) is 20.3 Å². The molecule has 0 spiro atoms. The number of rotatable bonds is 2. The molecule has 0 aliphatic carbocycles. The van der Waals surface area contributed by atoms with Crippen molar-refractivity contribution in [1.82, 2.24) is 15.2 Å². The summed E-state index contributed by atoms with van der Waals surface area (Å²) in [4.78, 5) is 4.19. The summed E-state index contributed by atoms with van der Waals surface area (Å²) in [5.74, 6) is 0.631. The van der Waals surface area contributed by atoms with Crippen molar-refractivity contribution in [1.29, 1.82) is 0 Å². The lowest BCUT2D eigenvalue weighted by molar-refractivity contribution is 0.636. The summed E-state index contributed by atoms with van der Waals surface area (Å²) in [7, 11) is 0. The van der Waals surface area contributed by atoms with E-state index in [1.165, 1.54) is 0 Å². The minimum atomic E-state index is 0.631. The van der Waals surface area contributed by atoms with Gasteiger partial charge >= 0.3 is 0 Å². The van der Waals surface area contributed by atoms with Crippen LogP contribution in [0.4, 0.5) is 0 Å². The van der Waals surface area contributed by atoms with Gasteiger partial charge in [-0.25, -0.2) is 4.98 Å². The van der Waals surface area contributed by atoms with E-state index in [2.05, 4.69) is 35.1 Å². The highest BCUT2D eigenvalue weighted by atomic mass is 15.1. The van der Waals surface area contributed by atoms with E-state index in [0.717, 1.165) is 23.1 Å². The molecule has 1 N–H and O–H groups in total. The van der Waals surface area contributed by atoms with Crippen LogP contribution in [-0.4, -0.2) is 15.2 Å². The first-order valence-corrected chi connectivity index (χ1v) is 4.55. The molecule has 0 aliphatic heterocycles. The van der Waals surface area contributed by atoms with Crippen LogP contribution < -0.4 is 0 Å². The Balaban J connectivity index is 2.46. The third-order valence-electron chi connectivity index (χ3n) is 2.02. The summed E-state index contributed by atoms with van der Waals surface area (Å²) in [5, 5.41) is 8.33. The van der Waals surface area contributed by atoms with Gasteiger partial charge in [-0.1, -0.05) is 13.8 Å². The summed E-state index contributed by atoms with van der Waals surface area (Å²) in [5.41, 5.74) is 2.01. The van der Waals surface area contributed by atoms with E-state index >= 15 is 0 Å². The highest BCUT2D eigenvalue weighted by molar-refractivity contribution is 5.77. The van der Waals surface area contributed by atoms with Gasteiger partial charge in [0.05, 0.1) is 5.69 Å². The fourth-order valence-corrected chi connectivity index (χ4v) is 1.45. The van der Waals surface area contributed by atoms with Crippen LogP contribution in [0.25, 0.3) is 11.0 Å². The lowest BCUT2D eigenvalue weighted by Gasteiger charge is -1.99. The largest absolute Gasteiger partial charge is 0.261 e. The molecule has 13 heavy (non-hydrogen) atoms. The minimum Gasteiger partial charge on any atom is -0.261 e. The molecule has 0 unspecified atom stereocenters. The highest BCUT2D eigenvalue weighted by Crippen LogP contribution is 2.15. The molecule has 0 atom stereocenters. The standard InChI is InChI=1S/C10H13N3/c1-7(2)6-9-8-4-3-5-11-10(8)13-12-9/h3-5,7H,6H2,1-2H3,(H,11,12,13). The molecule has 2 aromatic heterocycles. The van der Waals surface area contributed by atoms with Crippen molar-refractivity contribution in [2.75, 3.05) is 0 Å². The number of fused-ring (bicyclic) bond motifs is 1. The third kappa shape index (κ3) is 1.54. The smallest absolute Gasteiger partial charge is 0.155 e. The maximum Gasteiger partial charge on any atom is 0.155 e. The molecule has 3 heteroatoms. The second-order valence-corrected chi connectivity index (χ2v) is 3.67. The van der Waals surface area contributed by atoms with E-state index in [0.29, 0.717) is 5.92 Å². The van der Waals surface area contributed by atoms with Gasteiger partial charge in [0.15, 0.2) is 5.65 Å². The number of nitrogens with zero attached hydrogens (tertiary/aromatic N) is 2. The summed E-state index contributed by atoms with van der Waals surface area (Å²) in [6.07, 6.45) is 2.78. The van der Waals surface area contributed by atoms with E-state index in [4.69, 9.17) is 0 Å². The Bertz CT molecular complexity index is 403. The van der Waals surface area contributed by atoms with Gasteiger partial charge < -0.3 is 0 Å². The predicted octanol–water partition coefficient (Wildman–Crippen LogP) is 2.16. The molecule has 0 bridgehead atoms. The molecule has 0 aromatic carbocycles. The van der Waals surface area contributed by atoms with Crippen LogP contribution in [0.5, 0.6) is 0 Å². The average molecular weight is 175 g/mol. The van der Waals surface area contributed by atoms with Crippen molar-refractivity contribution >= 4 is 11.0 Å². The molecule has 0 saturated heterocycles. The Morgan fingerprint density at radius 2 is 2.31 bits per heavy atom. The second-order valence-electron chi connectivity index (χ2n) is 3.67. The molecule has 0 radical (unpaired) electrons. The number of nitrogens with one attached hydrogen (secondary N) is 1. The number of hydrogen-bond donors (Lipinski definition) is 1. The van der Waals surface area contributed by atoms with E-state index in [-0.39, 0.29) is 0 Å². The first-order chi connectivity index (χ1) is 6.27. The second kappa shape index (κ2) is 3.17. The van der Waals surface area contributed by atoms with Gasteiger partial charge in [-0.2, -0.15) is 5.10 Å². The normalized spacial score (nSPS) is 11.3. The number of pyridine rings is 1. The molecule has 2 heterocycles. The van der Waals surface area contributed by atoms with E-state index in [1.54, 1.807) is 6.20 Å². The lowest BCUT2D eigenvalue weighted by atomic mass is 10.1. The van der Waals surface area contributed by atoms with Crippen LogP contribution in [0.1, 0.15) is 19.5 Å². The molecule has 0 fully saturated rings. The molecule has 0 amide bonds. The fourth-order valence-electron chi connectivity index (χ4n) is 1.45. The molecular formula is C10H13N3. The Labute approximate surface area is 77.2 Å². The monoisotopic (exact) mass is 175 g/mol. The predicted molar refractivity (Wildman–Crippen MR) is 52.4 cm³/mol. The molecule has 2 rings (SSSR count). The maximum atomic E-state index is 4.25. The fraction of sp³-hybridized carbons (Fsp3) is 0.400. The van der Waals surface area contributed by atoms with Crippen molar-refractivity contribution in [3.63, 3.8) is 0 Å². The molecule has 2 aromatic rings. The quantitative estimate of drug-likeness (QED) is 0.759. The van der Waals surface area contributed by atoms with Crippen LogP contribution in [-0.2, 0) is 6.42 Å². The van der Waals surface area contributed by atoms with Crippen LogP contribution in [0.3, 0.4) is 0 Å². The highest BCUT2D eigenvalue weighted by Gasteiger charge is 2.06. The Morgan fingerprint density at radius 1 is 1.46 bits per heavy atom. The molecule has 68 valence electrons. The van der Waals surface area contributed by atoms with Crippen molar-refractivity contribution in [3.8, 4) is 0 Å². The van der Waals surface area contributed by atoms with Crippen molar-refractivity contribution in [3.05, 3.63) is 24.0 Å². The van der Waals surface area contributed by atoms with Gasteiger partial charge in [0.2, 0.25) is 0 Å². The van der Waals surface area contributed by atoms with E-state index < -0.39 is 0 Å². The van der Waals surface area contributed by atoms with Gasteiger partial charge in [-0.15, -0.1) is 0 Å². The van der Waals surface area contributed by atoms with Gasteiger partial charge in [0, 0.05) is 11.6 Å². The van der Waals surface area contributed by atoms with Crippen molar-refractivity contribution in [2.24, 2.45) is 5.92 Å². The first kappa shape index (κ1) is 8.23. The first-order valence-electron chi connectivity index (χ1n) is 4.55. The minimum absolute atomic E-state index is 0.631. The van der Waals surface area contributed by atoms with Gasteiger partial charge in [-0.3, -0.25) is 5.10 Å². The Kier molecular flexibility index (Phi) is 2.00. The maximum absolute atomic E-state index is 4.25. The molecule has 3 nitrogen and oxygen atoms in total. The van der Waals surface area contributed by atoms with Crippen LogP contribution in [0, 0.1) is 5.92 Å². The summed E-state index contributed by atoms with van der Waals surface area (Å²) in [6, 6.07) is 4.01. The molecular weight excluding hydrogens is 162 g/mol. The van der Waals surface area contributed by atoms with Crippen molar-refractivity contribution < 1.29 is 0 Å². The molecule has 0 aliphatic rings.